The average Bonchev–Trinajstić information content (AvgIpc) is 2.58. The number of carbonyl (C=O) groups excluding carboxylic acids is 1. The lowest BCUT2D eigenvalue weighted by Crippen LogP contribution is -2.43. The van der Waals surface area contributed by atoms with E-state index in [0.717, 1.165) is 39.3 Å². The van der Waals surface area contributed by atoms with E-state index in [1.54, 1.807) is 0 Å². The van der Waals surface area contributed by atoms with Crippen LogP contribution >= 0.6 is 24.8 Å². The van der Waals surface area contributed by atoms with E-state index >= 15 is 0 Å². The second-order valence-electron chi connectivity index (χ2n) is 6.09. The normalized spacial score (nSPS) is 15.6. The first-order valence-corrected chi connectivity index (χ1v) is 8.50. The van der Waals surface area contributed by atoms with Crippen LogP contribution in [-0.4, -0.2) is 57.2 Å². The first kappa shape index (κ1) is 24.1. The summed E-state index contributed by atoms with van der Waals surface area (Å²) in [5.41, 5.74) is 2.51. The van der Waals surface area contributed by atoms with Crippen molar-refractivity contribution in [3.63, 3.8) is 0 Å². The minimum Gasteiger partial charge on any atom is -0.379 e. The number of amides is 1. The van der Waals surface area contributed by atoms with E-state index in [-0.39, 0.29) is 36.8 Å². The third-order valence-corrected chi connectivity index (χ3v) is 4.27. The molecule has 1 heterocycles. The highest BCUT2D eigenvalue weighted by Crippen LogP contribution is 2.21. The van der Waals surface area contributed by atoms with E-state index in [9.17, 15) is 4.79 Å². The van der Waals surface area contributed by atoms with Gasteiger partial charge in [-0.15, -0.1) is 24.8 Å². The number of rotatable bonds is 8. The molecule has 1 amide bonds. The maximum atomic E-state index is 12.0. The van der Waals surface area contributed by atoms with Crippen LogP contribution in [-0.2, 0) is 9.53 Å². The van der Waals surface area contributed by atoms with Crippen LogP contribution in [0.15, 0.2) is 24.3 Å². The molecule has 5 nitrogen and oxygen atoms in total. The van der Waals surface area contributed by atoms with E-state index in [0.29, 0.717) is 13.0 Å². The fourth-order valence-electron chi connectivity index (χ4n) is 2.86. The van der Waals surface area contributed by atoms with Gasteiger partial charge >= 0.3 is 0 Å². The van der Waals surface area contributed by atoms with Crippen LogP contribution in [0.4, 0.5) is 0 Å². The van der Waals surface area contributed by atoms with E-state index in [1.807, 2.05) is 7.05 Å². The number of aryl methyl sites for hydroxylation is 1. The Labute approximate surface area is 163 Å². The smallest absolute Gasteiger partial charge is 0.220 e. The summed E-state index contributed by atoms with van der Waals surface area (Å²) in [6, 6.07) is 8.83. The van der Waals surface area contributed by atoms with Crippen molar-refractivity contribution in [3.05, 3.63) is 35.4 Å². The number of carbonyl (C=O) groups is 1. The van der Waals surface area contributed by atoms with Crippen LogP contribution in [0.5, 0.6) is 0 Å². The molecular formula is C18H31Cl2N3O2. The van der Waals surface area contributed by atoms with Crippen molar-refractivity contribution >= 4 is 30.7 Å². The molecule has 1 unspecified atom stereocenters. The predicted molar refractivity (Wildman–Crippen MR) is 107 cm³/mol. The molecule has 0 radical (unpaired) electrons. The summed E-state index contributed by atoms with van der Waals surface area (Å²) in [5.74, 6) is 0.130. The molecule has 1 aliphatic rings. The average molecular weight is 392 g/mol. The number of ether oxygens (including phenoxy) is 1. The third kappa shape index (κ3) is 8.38. The molecule has 0 bridgehead atoms. The summed E-state index contributed by atoms with van der Waals surface area (Å²) >= 11 is 0. The molecular weight excluding hydrogens is 361 g/mol. The lowest BCUT2D eigenvalue weighted by molar-refractivity contribution is -0.121. The standard InChI is InChI=1S/C18H29N3O2.2ClH/c1-15-5-7-16(8-6-15)17(21-10-12-23-13-11-21)14-20-18(22)4-3-9-19-2;;/h5-8,17,19H,3-4,9-14H2,1-2H3,(H,20,22);2*1H. The second-order valence-corrected chi connectivity index (χ2v) is 6.09. The molecule has 1 saturated heterocycles. The van der Waals surface area contributed by atoms with Crippen molar-refractivity contribution in [1.29, 1.82) is 0 Å². The molecule has 0 aliphatic carbocycles. The van der Waals surface area contributed by atoms with Gasteiger partial charge in [-0.25, -0.2) is 0 Å². The van der Waals surface area contributed by atoms with E-state index in [4.69, 9.17) is 4.74 Å². The lowest BCUT2D eigenvalue weighted by atomic mass is 10.0. The molecule has 0 aromatic heterocycles. The highest BCUT2D eigenvalue weighted by Gasteiger charge is 2.23. The molecule has 0 spiro atoms. The van der Waals surface area contributed by atoms with Gasteiger partial charge in [0.15, 0.2) is 0 Å². The van der Waals surface area contributed by atoms with Gasteiger partial charge < -0.3 is 15.4 Å². The number of hydrogen-bond donors (Lipinski definition) is 2. The van der Waals surface area contributed by atoms with Crippen molar-refractivity contribution in [3.8, 4) is 0 Å². The van der Waals surface area contributed by atoms with Gasteiger partial charge in [-0.1, -0.05) is 29.8 Å². The Morgan fingerprint density at radius 2 is 1.84 bits per heavy atom. The SMILES string of the molecule is CNCCCC(=O)NCC(c1ccc(C)cc1)N1CCOCC1.Cl.Cl. The van der Waals surface area contributed by atoms with Crippen molar-refractivity contribution in [2.45, 2.75) is 25.8 Å². The quantitative estimate of drug-likeness (QED) is 0.667. The van der Waals surface area contributed by atoms with Crippen molar-refractivity contribution in [2.75, 3.05) is 46.4 Å². The van der Waals surface area contributed by atoms with Crippen LogP contribution in [0.25, 0.3) is 0 Å². The van der Waals surface area contributed by atoms with Crippen molar-refractivity contribution in [1.82, 2.24) is 15.5 Å². The van der Waals surface area contributed by atoms with Gasteiger partial charge in [-0.3, -0.25) is 9.69 Å². The Balaban J connectivity index is 0.00000288. The predicted octanol–water partition coefficient (Wildman–Crippen LogP) is 2.33. The summed E-state index contributed by atoms with van der Waals surface area (Å²) in [7, 11) is 1.91. The zero-order valence-electron chi connectivity index (χ0n) is 15.1. The number of benzene rings is 1. The molecule has 2 N–H and O–H groups in total. The molecule has 25 heavy (non-hydrogen) atoms. The first-order chi connectivity index (χ1) is 11.2. The molecule has 144 valence electrons. The largest absolute Gasteiger partial charge is 0.379 e. The minimum absolute atomic E-state index is 0. The van der Waals surface area contributed by atoms with Gasteiger partial charge in [0.25, 0.3) is 0 Å². The summed E-state index contributed by atoms with van der Waals surface area (Å²) < 4.78 is 5.46. The Kier molecular flexibility index (Phi) is 12.9. The molecule has 2 rings (SSSR count). The third-order valence-electron chi connectivity index (χ3n) is 4.27. The number of nitrogens with one attached hydrogen (secondary N) is 2. The van der Waals surface area contributed by atoms with E-state index < -0.39 is 0 Å². The molecule has 1 aromatic carbocycles. The van der Waals surface area contributed by atoms with Crippen LogP contribution in [0.1, 0.15) is 30.0 Å². The Hall–Kier alpha value is -0.850. The number of nitrogens with zero attached hydrogens (tertiary/aromatic N) is 1. The van der Waals surface area contributed by atoms with Gasteiger partial charge in [0.2, 0.25) is 5.91 Å². The van der Waals surface area contributed by atoms with Crippen LogP contribution in [0.2, 0.25) is 0 Å². The molecule has 0 saturated carbocycles. The highest BCUT2D eigenvalue weighted by atomic mass is 35.5. The maximum Gasteiger partial charge on any atom is 0.220 e. The molecule has 1 atom stereocenters. The zero-order valence-corrected chi connectivity index (χ0v) is 16.8. The van der Waals surface area contributed by atoms with Gasteiger partial charge in [-0.2, -0.15) is 0 Å². The summed E-state index contributed by atoms with van der Waals surface area (Å²) in [5, 5.41) is 6.17. The summed E-state index contributed by atoms with van der Waals surface area (Å²) in [6.45, 7) is 6.97. The van der Waals surface area contributed by atoms with Crippen molar-refractivity contribution < 1.29 is 9.53 Å². The van der Waals surface area contributed by atoms with Gasteiger partial charge in [0, 0.05) is 26.1 Å². The highest BCUT2D eigenvalue weighted by molar-refractivity contribution is 5.85. The van der Waals surface area contributed by atoms with E-state index in [1.165, 1.54) is 11.1 Å². The summed E-state index contributed by atoms with van der Waals surface area (Å²) in [6.07, 6.45) is 1.44. The van der Waals surface area contributed by atoms with Crippen LogP contribution in [0, 0.1) is 6.92 Å². The Morgan fingerprint density at radius 1 is 1.20 bits per heavy atom. The summed E-state index contributed by atoms with van der Waals surface area (Å²) in [4.78, 5) is 14.4. The van der Waals surface area contributed by atoms with Gasteiger partial charge in [0.05, 0.1) is 19.3 Å². The second kappa shape index (κ2) is 13.4. The maximum absolute atomic E-state index is 12.0. The monoisotopic (exact) mass is 391 g/mol. The number of morpholine rings is 1. The molecule has 1 aromatic rings. The molecule has 1 aliphatic heterocycles. The lowest BCUT2D eigenvalue weighted by Gasteiger charge is -2.35. The zero-order chi connectivity index (χ0) is 16.5. The van der Waals surface area contributed by atoms with Crippen LogP contribution in [0.3, 0.4) is 0 Å². The fourth-order valence-corrected chi connectivity index (χ4v) is 2.86. The minimum atomic E-state index is 0. The van der Waals surface area contributed by atoms with E-state index in [2.05, 4.69) is 46.7 Å². The molecule has 1 fully saturated rings. The van der Waals surface area contributed by atoms with Gasteiger partial charge in [0.1, 0.15) is 0 Å². The van der Waals surface area contributed by atoms with Gasteiger partial charge in [-0.05, 0) is 32.5 Å². The topological polar surface area (TPSA) is 53.6 Å². The number of halogens is 2. The van der Waals surface area contributed by atoms with Crippen molar-refractivity contribution in [2.24, 2.45) is 0 Å². The Morgan fingerprint density at radius 3 is 2.44 bits per heavy atom. The Bertz CT molecular complexity index is 480. The fraction of sp³-hybridized carbons (Fsp3) is 0.611. The molecule has 7 heteroatoms. The number of hydrogen-bond acceptors (Lipinski definition) is 4. The first-order valence-electron chi connectivity index (χ1n) is 8.50. The van der Waals surface area contributed by atoms with Crippen LogP contribution < -0.4 is 10.6 Å².